The molecule has 24 heavy (non-hydrogen) atoms. The van der Waals surface area contributed by atoms with E-state index in [2.05, 4.69) is 4.98 Å². The monoisotopic (exact) mass is 348 g/mol. The van der Waals surface area contributed by atoms with E-state index >= 15 is 0 Å². The van der Waals surface area contributed by atoms with E-state index in [1.165, 1.54) is 38.2 Å². The lowest BCUT2D eigenvalue weighted by molar-refractivity contribution is -0.125. The largest absolute Gasteiger partial charge is 0.481 e. The molecule has 2 rings (SSSR count). The zero-order valence-electron chi connectivity index (χ0n) is 13.1. The quantitative estimate of drug-likeness (QED) is 0.795. The number of carbonyl (C=O) groups is 2. The lowest BCUT2D eigenvalue weighted by Gasteiger charge is -2.15. The Labute approximate surface area is 139 Å². The van der Waals surface area contributed by atoms with Crippen molar-refractivity contribution in [2.45, 2.75) is 24.8 Å². The summed E-state index contributed by atoms with van der Waals surface area (Å²) in [6.07, 6.45) is 1.49. The summed E-state index contributed by atoms with van der Waals surface area (Å²) in [7, 11) is -4.01. The topological polar surface area (TPSA) is 102 Å². The number of rotatable bonds is 6. The molecule has 1 amide bonds. The van der Waals surface area contributed by atoms with Gasteiger partial charge in [0.1, 0.15) is 10.6 Å². The molecule has 1 N–H and O–H groups in total. The van der Waals surface area contributed by atoms with Crippen LogP contribution in [0, 0.1) is 0 Å². The summed E-state index contributed by atoms with van der Waals surface area (Å²) < 4.78 is 31.5. The number of Topliss-reactive ketones (excluding diaryl/α,β-unsaturated/α-hetero) is 1. The molecule has 8 heteroatoms. The maximum atomic E-state index is 12.1. The van der Waals surface area contributed by atoms with E-state index in [0.717, 1.165) is 6.20 Å². The summed E-state index contributed by atoms with van der Waals surface area (Å²) in [5, 5.41) is 0. The van der Waals surface area contributed by atoms with E-state index in [1.807, 2.05) is 4.72 Å². The number of hydrogen-bond acceptors (Lipinski definition) is 6. The first-order chi connectivity index (χ1) is 11.3. The molecule has 126 valence electrons. The van der Waals surface area contributed by atoms with Crippen molar-refractivity contribution < 1.29 is 22.7 Å². The van der Waals surface area contributed by atoms with E-state index in [9.17, 15) is 18.0 Å². The van der Waals surface area contributed by atoms with E-state index < -0.39 is 22.0 Å². The van der Waals surface area contributed by atoms with Crippen LogP contribution in [0.5, 0.6) is 5.75 Å². The van der Waals surface area contributed by atoms with Crippen molar-refractivity contribution >= 4 is 21.7 Å². The Hall–Kier alpha value is -2.74. The van der Waals surface area contributed by atoms with Gasteiger partial charge in [0.05, 0.1) is 0 Å². The van der Waals surface area contributed by atoms with Crippen molar-refractivity contribution in [3.8, 4) is 5.75 Å². The smallest absolute Gasteiger partial charge is 0.274 e. The lowest BCUT2D eigenvalue weighted by Crippen LogP contribution is -2.40. The number of benzene rings is 1. The molecule has 0 aliphatic rings. The summed E-state index contributed by atoms with van der Waals surface area (Å²) in [6.45, 7) is 2.82. The number of nitrogens with zero attached hydrogens (tertiary/aromatic N) is 1. The third kappa shape index (κ3) is 4.39. The molecule has 0 bridgehead atoms. The molecule has 1 aromatic heterocycles. The normalized spacial score (nSPS) is 12.2. The van der Waals surface area contributed by atoms with Crippen LogP contribution in [0.4, 0.5) is 0 Å². The van der Waals surface area contributed by atoms with Gasteiger partial charge in [0.25, 0.3) is 15.9 Å². The molecule has 0 radical (unpaired) electrons. The van der Waals surface area contributed by atoms with Crippen molar-refractivity contribution in [1.29, 1.82) is 0 Å². The Bertz CT molecular complexity index is 850. The Kier molecular flexibility index (Phi) is 5.30. The highest BCUT2D eigenvalue weighted by molar-refractivity contribution is 7.90. The fourth-order valence-electron chi connectivity index (χ4n) is 1.83. The van der Waals surface area contributed by atoms with Gasteiger partial charge in [-0.15, -0.1) is 0 Å². The predicted molar refractivity (Wildman–Crippen MR) is 86.1 cm³/mol. The second kappa shape index (κ2) is 7.22. The fourth-order valence-corrected chi connectivity index (χ4v) is 2.83. The number of sulfonamides is 1. The van der Waals surface area contributed by atoms with Crippen molar-refractivity contribution in [1.82, 2.24) is 9.71 Å². The molecule has 0 fully saturated rings. The van der Waals surface area contributed by atoms with Crippen LogP contribution in [0.15, 0.2) is 53.7 Å². The number of nitrogens with one attached hydrogen (secondary N) is 1. The van der Waals surface area contributed by atoms with Gasteiger partial charge in [-0.25, -0.2) is 13.1 Å². The van der Waals surface area contributed by atoms with E-state index in [4.69, 9.17) is 4.74 Å². The number of pyridine rings is 1. The van der Waals surface area contributed by atoms with Crippen LogP contribution in [0.3, 0.4) is 0 Å². The van der Waals surface area contributed by atoms with Crippen LogP contribution in [0.2, 0.25) is 0 Å². The summed E-state index contributed by atoms with van der Waals surface area (Å²) in [6, 6.07) is 9.07. The standard InChI is InChI=1S/C16H16N2O5S/c1-11(19)13-5-3-6-14(9-13)23-12(2)16(20)18-24(21,22)15-7-4-8-17-10-15/h3-10,12H,1-2H3,(H,18,20)/t12-/m0/s1. The Morgan fingerprint density at radius 2 is 1.96 bits per heavy atom. The van der Waals surface area contributed by atoms with E-state index in [1.54, 1.807) is 18.2 Å². The molecular weight excluding hydrogens is 332 g/mol. The molecule has 1 atom stereocenters. The summed E-state index contributed by atoms with van der Waals surface area (Å²) in [5.41, 5.74) is 0.433. The van der Waals surface area contributed by atoms with Gasteiger partial charge < -0.3 is 4.74 Å². The Morgan fingerprint density at radius 1 is 1.21 bits per heavy atom. The van der Waals surface area contributed by atoms with Crippen molar-refractivity contribution in [2.24, 2.45) is 0 Å². The molecule has 7 nitrogen and oxygen atoms in total. The molecule has 1 heterocycles. The number of amides is 1. The number of hydrogen-bond donors (Lipinski definition) is 1. The van der Waals surface area contributed by atoms with Gasteiger partial charge in [0.2, 0.25) is 0 Å². The van der Waals surface area contributed by atoms with Crippen LogP contribution in [0.25, 0.3) is 0 Å². The van der Waals surface area contributed by atoms with Crippen LogP contribution in [0.1, 0.15) is 24.2 Å². The number of carbonyl (C=O) groups excluding carboxylic acids is 2. The van der Waals surface area contributed by atoms with Gasteiger partial charge in [-0.1, -0.05) is 12.1 Å². The van der Waals surface area contributed by atoms with E-state index in [-0.39, 0.29) is 10.7 Å². The molecule has 0 saturated carbocycles. The van der Waals surface area contributed by atoms with Crippen molar-refractivity contribution in [3.05, 3.63) is 54.4 Å². The SMILES string of the molecule is CC(=O)c1cccc(O[C@@H](C)C(=O)NS(=O)(=O)c2cccnc2)c1. The molecular formula is C16H16N2O5S. The van der Waals surface area contributed by atoms with Crippen LogP contribution in [-0.4, -0.2) is 31.2 Å². The second-order valence-corrected chi connectivity index (χ2v) is 6.68. The minimum atomic E-state index is -4.01. The molecule has 0 spiro atoms. The van der Waals surface area contributed by atoms with Crippen molar-refractivity contribution in [2.75, 3.05) is 0 Å². The number of aromatic nitrogens is 1. The van der Waals surface area contributed by atoms with Gasteiger partial charge in [-0.3, -0.25) is 14.6 Å². The molecule has 0 saturated heterocycles. The fraction of sp³-hybridized carbons (Fsp3) is 0.188. The van der Waals surface area contributed by atoms with Gasteiger partial charge in [0, 0.05) is 18.0 Å². The lowest BCUT2D eigenvalue weighted by atomic mass is 10.1. The van der Waals surface area contributed by atoms with Crippen molar-refractivity contribution in [3.63, 3.8) is 0 Å². The molecule has 0 unspecified atom stereocenters. The van der Waals surface area contributed by atoms with Gasteiger partial charge >= 0.3 is 0 Å². The summed E-state index contributed by atoms with van der Waals surface area (Å²) in [4.78, 5) is 27.0. The molecule has 2 aromatic rings. The highest BCUT2D eigenvalue weighted by Crippen LogP contribution is 2.16. The molecule has 1 aromatic carbocycles. The molecule has 0 aliphatic heterocycles. The third-order valence-electron chi connectivity index (χ3n) is 3.10. The summed E-state index contributed by atoms with van der Waals surface area (Å²) in [5.74, 6) is -0.673. The van der Waals surface area contributed by atoms with Crippen LogP contribution >= 0.6 is 0 Å². The highest BCUT2D eigenvalue weighted by atomic mass is 32.2. The summed E-state index contributed by atoms with van der Waals surface area (Å²) >= 11 is 0. The minimum Gasteiger partial charge on any atom is -0.481 e. The zero-order chi connectivity index (χ0) is 17.7. The predicted octanol–water partition coefficient (Wildman–Crippen LogP) is 1.56. The average Bonchev–Trinajstić information content (AvgIpc) is 2.55. The Balaban J connectivity index is 2.07. The maximum Gasteiger partial charge on any atom is 0.274 e. The third-order valence-corrected chi connectivity index (χ3v) is 4.43. The highest BCUT2D eigenvalue weighted by Gasteiger charge is 2.23. The number of ether oxygens (including phenoxy) is 1. The van der Waals surface area contributed by atoms with Gasteiger partial charge in [-0.2, -0.15) is 0 Å². The zero-order valence-corrected chi connectivity index (χ0v) is 13.9. The second-order valence-electron chi connectivity index (χ2n) is 5.00. The van der Waals surface area contributed by atoms with E-state index in [0.29, 0.717) is 11.3 Å². The maximum absolute atomic E-state index is 12.1. The Morgan fingerprint density at radius 3 is 2.58 bits per heavy atom. The minimum absolute atomic E-state index is 0.121. The first kappa shape index (κ1) is 17.6. The molecule has 0 aliphatic carbocycles. The average molecular weight is 348 g/mol. The first-order valence-electron chi connectivity index (χ1n) is 7.04. The van der Waals surface area contributed by atoms with Crippen LogP contribution in [-0.2, 0) is 14.8 Å². The van der Waals surface area contributed by atoms with Gasteiger partial charge in [0.15, 0.2) is 11.9 Å². The van der Waals surface area contributed by atoms with Gasteiger partial charge in [-0.05, 0) is 38.1 Å². The number of ketones is 1. The van der Waals surface area contributed by atoms with Crippen LogP contribution < -0.4 is 9.46 Å². The first-order valence-corrected chi connectivity index (χ1v) is 8.52.